The molecule has 136 valence electrons. The average Bonchev–Trinajstić information content (AvgIpc) is 3.16. The van der Waals surface area contributed by atoms with Gasteiger partial charge in [-0.25, -0.2) is 9.78 Å². The molecule has 5 nitrogen and oxygen atoms in total. The van der Waals surface area contributed by atoms with Crippen LogP contribution in [0.4, 0.5) is 5.69 Å². The van der Waals surface area contributed by atoms with Crippen molar-refractivity contribution in [2.24, 2.45) is 0 Å². The lowest BCUT2D eigenvalue weighted by Crippen LogP contribution is -2.20. The minimum Gasteiger partial charge on any atom is -0.452 e. The van der Waals surface area contributed by atoms with Crippen molar-refractivity contribution in [1.82, 2.24) is 4.98 Å². The highest BCUT2D eigenvalue weighted by Gasteiger charge is 2.08. The molecule has 2 aromatic heterocycles. The zero-order chi connectivity index (χ0) is 19.1. The van der Waals surface area contributed by atoms with E-state index in [0.29, 0.717) is 5.69 Å². The van der Waals surface area contributed by atoms with Crippen LogP contribution in [0.2, 0.25) is 5.15 Å². The van der Waals surface area contributed by atoms with Gasteiger partial charge in [0, 0.05) is 22.0 Å². The standard InChI is InChI=1S/C20H15ClN2O3S/c21-20-16(7-4-12-22-20)23-18(24)13-26-19(25)11-9-15-8-10-17(27-15)14-5-2-1-3-6-14/h1-12H,13H2,(H,23,24)/b11-9+. The van der Waals surface area contributed by atoms with Gasteiger partial charge in [0.1, 0.15) is 0 Å². The summed E-state index contributed by atoms with van der Waals surface area (Å²) in [7, 11) is 0. The van der Waals surface area contributed by atoms with Gasteiger partial charge in [-0.15, -0.1) is 11.3 Å². The number of anilines is 1. The van der Waals surface area contributed by atoms with E-state index in [1.807, 2.05) is 42.5 Å². The van der Waals surface area contributed by atoms with E-state index in [0.717, 1.165) is 15.3 Å². The second kappa shape index (κ2) is 9.12. The quantitative estimate of drug-likeness (QED) is 0.372. The van der Waals surface area contributed by atoms with Crippen molar-refractivity contribution >= 4 is 46.6 Å². The molecule has 0 spiro atoms. The number of ether oxygens (including phenoxy) is 1. The van der Waals surface area contributed by atoms with Gasteiger partial charge in [-0.1, -0.05) is 41.9 Å². The molecule has 27 heavy (non-hydrogen) atoms. The number of benzene rings is 1. The summed E-state index contributed by atoms with van der Waals surface area (Å²) in [6, 6.07) is 17.1. The molecule has 0 bridgehead atoms. The van der Waals surface area contributed by atoms with Gasteiger partial charge in [-0.2, -0.15) is 0 Å². The number of thiophene rings is 1. The van der Waals surface area contributed by atoms with E-state index in [2.05, 4.69) is 10.3 Å². The maximum Gasteiger partial charge on any atom is 0.331 e. The lowest BCUT2D eigenvalue weighted by Gasteiger charge is -2.06. The van der Waals surface area contributed by atoms with E-state index in [1.165, 1.54) is 12.3 Å². The van der Waals surface area contributed by atoms with E-state index < -0.39 is 18.5 Å². The van der Waals surface area contributed by atoms with Gasteiger partial charge in [0.2, 0.25) is 0 Å². The fourth-order valence-electron chi connectivity index (χ4n) is 2.20. The topological polar surface area (TPSA) is 68.3 Å². The van der Waals surface area contributed by atoms with Crippen molar-refractivity contribution < 1.29 is 14.3 Å². The van der Waals surface area contributed by atoms with Gasteiger partial charge in [0.15, 0.2) is 11.8 Å². The molecule has 3 rings (SSSR count). The first kappa shape index (κ1) is 18.8. The monoisotopic (exact) mass is 398 g/mol. The van der Waals surface area contributed by atoms with Crippen molar-refractivity contribution in [2.45, 2.75) is 0 Å². The lowest BCUT2D eigenvalue weighted by molar-refractivity contribution is -0.142. The molecule has 0 atom stereocenters. The number of nitrogens with one attached hydrogen (secondary N) is 1. The summed E-state index contributed by atoms with van der Waals surface area (Å²) in [5.41, 5.74) is 1.48. The first-order valence-electron chi connectivity index (χ1n) is 8.02. The molecular weight excluding hydrogens is 384 g/mol. The molecule has 2 heterocycles. The predicted octanol–water partition coefficient (Wildman–Crippen LogP) is 4.66. The van der Waals surface area contributed by atoms with Crippen LogP contribution in [0.5, 0.6) is 0 Å². The molecule has 0 aliphatic heterocycles. The minimum absolute atomic E-state index is 0.170. The molecule has 1 N–H and O–H groups in total. The molecular formula is C20H15ClN2O3S. The fraction of sp³-hybridized carbons (Fsp3) is 0.0500. The summed E-state index contributed by atoms with van der Waals surface area (Å²) in [5.74, 6) is -1.09. The third-order valence-corrected chi connectivity index (χ3v) is 4.85. The van der Waals surface area contributed by atoms with E-state index in [9.17, 15) is 9.59 Å². The van der Waals surface area contributed by atoms with Crippen molar-refractivity contribution in [1.29, 1.82) is 0 Å². The number of pyridine rings is 1. The fourth-order valence-corrected chi connectivity index (χ4v) is 3.28. The van der Waals surface area contributed by atoms with Crippen LogP contribution in [0.25, 0.3) is 16.5 Å². The summed E-state index contributed by atoms with van der Waals surface area (Å²) in [6.45, 7) is -0.409. The van der Waals surface area contributed by atoms with Crippen molar-refractivity contribution in [3.05, 3.63) is 76.9 Å². The molecule has 0 radical (unpaired) electrons. The molecule has 1 aromatic carbocycles. The SMILES string of the molecule is O=C(COC(=O)/C=C/c1ccc(-c2ccccc2)s1)Nc1cccnc1Cl. The molecule has 0 saturated heterocycles. The summed E-state index contributed by atoms with van der Waals surface area (Å²) in [5, 5.41) is 2.70. The third kappa shape index (κ3) is 5.51. The summed E-state index contributed by atoms with van der Waals surface area (Å²) >= 11 is 7.41. The van der Waals surface area contributed by atoms with E-state index >= 15 is 0 Å². The normalized spacial score (nSPS) is 10.7. The Morgan fingerprint density at radius 2 is 1.93 bits per heavy atom. The molecule has 0 aliphatic carbocycles. The highest BCUT2D eigenvalue weighted by atomic mass is 35.5. The number of amides is 1. The number of carbonyl (C=O) groups is 2. The number of rotatable bonds is 6. The summed E-state index contributed by atoms with van der Waals surface area (Å²) in [6.07, 6.45) is 4.47. The number of hydrogen-bond acceptors (Lipinski definition) is 5. The summed E-state index contributed by atoms with van der Waals surface area (Å²) in [4.78, 5) is 29.5. The Kier molecular flexibility index (Phi) is 6.35. The second-order valence-corrected chi connectivity index (χ2v) is 6.87. The van der Waals surface area contributed by atoms with E-state index in [4.69, 9.17) is 16.3 Å². The van der Waals surface area contributed by atoms with Crippen LogP contribution in [-0.4, -0.2) is 23.5 Å². The largest absolute Gasteiger partial charge is 0.452 e. The molecule has 7 heteroatoms. The van der Waals surface area contributed by atoms with E-state index in [-0.39, 0.29) is 5.15 Å². The van der Waals surface area contributed by atoms with Crippen LogP contribution in [0.3, 0.4) is 0 Å². The Morgan fingerprint density at radius 3 is 2.70 bits per heavy atom. The van der Waals surface area contributed by atoms with Gasteiger partial charge in [-0.05, 0) is 35.9 Å². The van der Waals surface area contributed by atoms with Gasteiger partial charge >= 0.3 is 5.97 Å². The number of hydrogen-bond donors (Lipinski definition) is 1. The van der Waals surface area contributed by atoms with Crippen LogP contribution in [0.1, 0.15) is 4.88 Å². The highest BCUT2D eigenvalue weighted by molar-refractivity contribution is 7.16. The predicted molar refractivity (Wildman–Crippen MR) is 108 cm³/mol. The molecule has 0 fully saturated rings. The Labute approximate surface area is 165 Å². The smallest absolute Gasteiger partial charge is 0.331 e. The zero-order valence-corrected chi connectivity index (χ0v) is 15.7. The van der Waals surface area contributed by atoms with Crippen molar-refractivity contribution in [3.63, 3.8) is 0 Å². The van der Waals surface area contributed by atoms with Crippen molar-refractivity contribution in [3.8, 4) is 10.4 Å². The first-order valence-corrected chi connectivity index (χ1v) is 9.22. The molecule has 0 unspecified atom stereocenters. The summed E-state index contributed by atoms with van der Waals surface area (Å²) < 4.78 is 4.93. The Hall–Kier alpha value is -2.96. The Balaban J connectivity index is 1.50. The minimum atomic E-state index is -0.600. The first-order chi connectivity index (χ1) is 13.1. The van der Waals surface area contributed by atoms with E-state index in [1.54, 1.807) is 29.5 Å². The third-order valence-electron chi connectivity index (χ3n) is 3.45. The van der Waals surface area contributed by atoms with Crippen LogP contribution < -0.4 is 5.32 Å². The van der Waals surface area contributed by atoms with Crippen molar-refractivity contribution in [2.75, 3.05) is 11.9 Å². The Morgan fingerprint density at radius 1 is 1.11 bits per heavy atom. The van der Waals surface area contributed by atoms with Crippen LogP contribution in [0.15, 0.2) is 66.9 Å². The number of nitrogens with zero attached hydrogens (tertiary/aromatic N) is 1. The van der Waals surface area contributed by atoms with Gasteiger partial charge in [-0.3, -0.25) is 4.79 Å². The average molecular weight is 399 g/mol. The zero-order valence-electron chi connectivity index (χ0n) is 14.1. The maximum absolute atomic E-state index is 11.8. The second-order valence-electron chi connectivity index (χ2n) is 5.40. The molecule has 0 saturated carbocycles. The number of esters is 1. The van der Waals surface area contributed by atoms with Crippen LogP contribution in [0, 0.1) is 0 Å². The number of aromatic nitrogens is 1. The van der Waals surface area contributed by atoms with Crippen LogP contribution >= 0.6 is 22.9 Å². The van der Waals surface area contributed by atoms with Gasteiger partial charge in [0.05, 0.1) is 5.69 Å². The van der Waals surface area contributed by atoms with Crippen LogP contribution in [-0.2, 0) is 14.3 Å². The molecule has 0 aliphatic rings. The molecule has 3 aromatic rings. The molecule has 1 amide bonds. The van der Waals surface area contributed by atoms with Gasteiger partial charge in [0.25, 0.3) is 5.91 Å². The highest BCUT2D eigenvalue weighted by Crippen LogP contribution is 2.28. The number of carbonyl (C=O) groups excluding carboxylic acids is 2. The number of halogens is 1. The van der Waals surface area contributed by atoms with Gasteiger partial charge < -0.3 is 10.1 Å². The lowest BCUT2D eigenvalue weighted by atomic mass is 10.2. The Bertz CT molecular complexity index is 970. The maximum atomic E-state index is 11.8.